The summed E-state index contributed by atoms with van der Waals surface area (Å²) in [5.41, 5.74) is 1.33. The molecule has 0 aromatic carbocycles. The Kier molecular flexibility index (Phi) is 2.31. The largest absolute Gasteiger partial charge is 0.361 e. The molecule has 66 valence electrons. The highest BCUT2D eigenvalue weighted by molar-refractivity contribution is 5.99. The van der Waals surface area contributed by atoms with Crippen LogP contribution >= 0.6 is 0 Å². The molecule has 0 atom stereocenters. The number of hydrogen-bond acceptors (Lipinski definition) is 3. The Bertz CT molecular complexity index is 280. The van der Waals surface area contributed by atoms with Crippen LogP contribution in [0, 0.1) is 19.8 Å². The van der Waals surface area contributed by atoms with Gasteiger partial charge in [0.05, 0.1) is 11.3 Å². The molecule has 3 heteroatoms. The second-order valence-electron chi connectivity index (χ2n) is 3.22. The zero-order chi connectivity index (χ0) is 9.30. The molecule has 0 aliphatic carbocycles. The lowest BCUT2D eigenvalue weighted by atomic mass is 10.0. The van der Waals surface area contributed by atoms with Crippen LogP contribution in [0.25, 0.3) is 0 Å². The van der Waals surface area contributed by atoms with Gasteiger partial charge in [0.2, 0.25) is 0 Å². The molecule has 0 fully saturated rings. The molecule has 0 unspecified atom stereocenters. The zero-order valence-electron chi connectivity index (χ0n) is 7.84. The molecule has 1 aromatic heterocycles. The summed E-state index contributed by atoms with van der Waals surface area (Å²) in [7, 11) is 0. The highest BCUT2D eigenvalue weighted by atomic mass is 16.5. The van der Waals surface area contributed by atoms with E-state index < -0.39 is 0 Å². The van der Waals surface area contributed by atoms with Gasteiger partial charge in [0, 0.05) is 5.92 Å². The van der Waals surface area contributed by atoms with Gasteiger partial charge in [-0.15, -0.1) is 0 Å². The zero-order valence-corrected chi connectivity index (χ0v) is 7.84. The summed E-state index contributed by atoms with van der Waals surface area (Å²) >= 11 is 0. The topological polar surface area (TPSA) is 43.1 Å². The van der Waals surface area contributed by atoms with Crippen LogP contribution in [-0.2, 0) is 0 Å². The lowest BCUT2D eigenvalue weighted by molar-refractivity contribution is 0.0937. The van der Waals surface area contributed by atoms with Gasteiger partial charge in [-0.05, 0) is 13.8 Å². The molecule has 1 heterocycles. The molecule has 3 nitrogen and oxygen atoms in total. The third-order valence-corrected chi connectivity index (χ3v) is 1.80. The van der Waals surface area contributed by atoms with E-state index in [9.17, 15) is 4.79 Å². The van der Waals surface area contributed by atoms with Crippen molar-refractivity contribution in [3.05, 3.63) is 17.0 Å². The van der Waals surface area contributed by atoms with Crippen molar-refractivity contribution in [1.29, 1.82) is 0 Å². The number of carbonyl (C=O) groups excluding carboxylic acids is 1. The predicted molar refractivity (Wildman–Crippen MR) is 45.1 cm³/mol. The lowest BCUT2D eigenvalue weighted by Crippen LogP contribution is -2.09. The van der Waals surface area contributed by atoms with E-state index in [1.165, 1.54) is 0 Å². The number of aromatic nitrogens is 1. The smallest absolute Gasteiger partial charge is 0.170 e. The first kappa shape index (κ1) is 8.97. The van der Waals surface area contributed by atoms with Crippen molar-refractivity contribution in [1.82, 2.24) is 5.16 Å². The van der Waals surface area contributed by atoms with Gasteiger partial charge in [0.15, 0.2) is 5.78 Å². The molecule has 0 radical (unpaired) electrons. The number of nitrogens with zero attached hydrogens (tertiary/aromatic N) is 1. The van der Waals surface area contributed by atoms with E-state index in [4.69, 9.17) is 4.52 Å². The molecule has 0 saturated carbocycles. The van der Waals surface area contributed by atoms with Crippen molar-refractivity contribution in [2.24, 2.45) is 5.92 Å². The van der Waals surface area contributed by atoms with Crippen LogP contribution in [0.1, 0.15) is 35.7 Å². The second-order valence-corrected chi connectivity index (χ2v) is 3.22. The maximum Gasteiger partial charge on any atom is 0.170 e. The summed E-state index contributed by atoms with van der Waals surface area (Å²) in [6.45, 7) is 7.28. The number of aryl methyl sites for hydroxylation is 2. The minimum Gasteiger partial charge on any atom is -0.361 e. The highest BCUT2D eigenvalue weighted by Crippen LogP contribution is 2.16. The van der Waals surface area contributed by atoms with Gasteiger partial charge >= 0.3 is 0 Å². The van der Waals surface area contributed by atoms with Gasteiger partial charge in [0.25, 0.3) is 0 Å². The van der Waals surface area contributed by atoms with Crippen LogP contribution in [0.3, 0.4) is 0 Å². The first-order valence-electron chi connectivity index (χ1n) is 4.01. The summed E-state index contributed by atoms with van der Waals surface area (Å²) < 4.78 is 4.90. The Balaban J connectivity index is 3.09. The van der Waals surface area contributed by atoms with Gasteiger partial charge in [0.1, 0.15) is 5.76 Å². The minimum absolute atomic E-state index is 0.00167. The van der Waals surface area contributed by atoms with E-state index in [0.717, 1.165) is 0 Å². The Morgan fingerprint density at radius 2 is 2.00 bits per heavy atom. The Morgan fingerprint density at radius 1 is 1.42 bits per heavy atom. The fraction of sp³-hybridized carbons (Fsp3) is 0.556. The molecule has 0 saturated heterocycles. The van der Waals surface area contributed by atoms with Crippen LogP contribution in [0.4, 0.5) is 0 Å². The van der Waals surface area contributed by atoms with Crippen molar-refractivity contribution in [3.63, 3.8) is 0 Å². The predicted octanol–water partition coefficient (Wildman–Crippen LogP) is 2.13. The number of rotatable bonds is 2. The number of Topliss-reactive ketones (excluding diaryl/α,β-unsaturated/α-hetero) is 1. The number of hydrogen-bond donors (Lipinski definition) is 0. The Labute approximate surface area is 71.7 Å². The van der Waals surface area contributed by atoms with E-state index in [0.29, 0.717) is 17.0 Å². The van der Waals surface area contributed by atoms with Crippen LogP contribution in [0.5, 0.6) is 0 Å². The first-order chi connectivity index (χ1) is 5.54. The van der Waals surface area contributed by atoms with Gasteiger partial charge in [-0.2, -0.15) is 0 Å². The average molecular weight is 167 g/mol. The molecule has 0 aliphatic rings. The molecule has 0 aliphatic heterocycles. The summed E-state index contributed by atoms with van der Waals surface area (Å²) in [4.78, 5) is 11.5. The molecule has 0 N–H and O–H groups in total. The van der Waals surface area contributed by atoms with Crippen molar-refractivity contribution in [2.45, 2.75) is 27.7 Å². The van der Waals surface area contributed by atoms with Crippen LogP contribution < -0.4 is 0 Å². The highest BCUT2D eigenvalue weighted by Gasteiger charge is 2.19. The van der Waals surface area contributed by atoms with Crippen molar-refractivity contribution >= 4 is 5.78 Å². The molecule has 12 heavy (non-hydrogen) atoms. The standard InChI is InChI=1S/C9H13NO2/c1-5(2)9(11)8-6(3)10-12-7(8)4/h5H,1-4H3. The van der Waals surface area contributed by atoms with Crippen molar-refractivity contribution in [2.75, 3.05) is 0 Å². The van der Waals surface area contributed by atoms with E-state index in [1.54, 1.807) is 13.8 Å². The lowest BCUT2D eigenvalue weighted by Gasteiger charge is -2.01. The third kappa shape index (κ3) is 1.40. The normalized spacial score (nSPS) is 10.8. The van der Waals surface area contributed by atoms with Gasteiger partial charge in [-0.25, -0.2) is 0 Å². The van der Waals surface area contributed by atoms with Crippen LogP contribution in [-0.4, -0.2) is 10.9 Å². The maximum atomic E-state index is 11.5. The van der Waals surface area contributed by atoms with Crippen molar-refractivity contribution < 1.29 is 9.32 Å². The SMILES string of the molecule is Cc1noc(C)c1C(=O)C(C)C. The summed E-state index contributed by atoms with van der Waals surface area (Å²) in [6.07, 6.45) is 0. The Hall–Kier alpha value is -1.12. The molecular formula is C9H13NO2. The van der Waals surface area contributed by atoms with E-state index in [-0.39, 0.29) is 11.7 Å². The molecule has 1 aromatic rings. The van der Waals surface area contributed by atoms with Gasteiger partial charge in [-0.3, -0.25) is 4.79 Å². The summed E-state index contributed by atoms with van der Waals surface area (Å²) in [6, 6.07) is 0. The third-order valence-electron chi connectivity index (χ3n) is 1.80. The quantitative estimate of drug-likeness (QED) is 0.634. The van der Waals surface area contributed by atoms with Crippen molar-refractivity contribution in [3.8, 4) is 0 Å². The monoisotopic (exact) mass is 167 g/mol. The number of ketones is 1. The second kappa shape index (κ2) is 3.09. The van der Waals surface area contributed by atoms with Gasteiger partial charge < -0.3 is 4.52 Å². The fourth-order valence-corrected chi connectivity index (χ4v) is 1.12. The summed E-state index contributed by atoms with van der Waals surface area (Å²) in [5, 5.41) is 3.72. The molecule has 0 bridgehead atoms. The molecular weight excluding hydrogens is 154 g/mol. The fourth-order valence-electron chi connectivity index (χ4n) is 1.12. The van der Waals surface area contributed by atoms with Crippen LogP contribution in [0.15, 0.2) is 4.52 Å². The summed E-state index contributed by atoms with van der Waals surface area (Å²) in [5.74, 6) is 0.722. The molecule has 0 spiro atoms. The van der Waals surface area contributed by atoms with E-state index >= 15 is 0 Å². The van der Waals surface area contributed by atoms with Gasteiger partial charge in [-0.1, -0.05) is 19.0 Å². The van der Waals surface area contributed by atoms with Crippen LogP contribution in [0.2, 0.25) is 0 Å². The maximum absolute atomic E-state index is 11.5. The molecule has 0 amide bonds. The number of carbonyl (C=O) groups is 1. The van der Waals surface area contributed by atoms with E-state index in [1.807, 2.05) is 13.8 Å². The first-order valence-corrected chi connectivity index (χ1v) is 4.01. The minimum atomic E-state index is 0.00167. The van der Waals surface area contributed by atoms with E-state index in [2.05, 4.69) is 5.16 Å². The average Bonchev–Trinajstić information content (AvgIpc) is 2.30. The molecule has 1 rings (SSSR count). The Morgan fingerprint density at radius 3 is 2.33 bits per heavy atom.